The zero-order chi connectivity index (χ0) is 21.7. The maximum absolute atomic E-state index is 12.0. The van der Waals surface area contributed by atoms with E-state index in [0.29, 0.717) is 17.3 Å². The highest BCUT2D eigenvalue weighted by molar-refractivity contribution is 5.96. The van der Waals surface area contributed by atoms with Crippen molar-refractivity contribution in [2.24, 2.45) is 0 Å². The maximum Gasteiger partial charge on any atom is 0.353 e. The van der Waals surface area contributed by atoms with Crippen LogP contribution in [0.15, 0.2) is 54.9 Å². The van der Waals surface area contributed by atoms with Gasteiger partial charge in [-0.15, -0.1) is 0 Å². The van der Waals surface area contributed by atoms with Crippen LogP contribution in [-0.2, 0) is 4.74 Å². The predicted octanol–water partition coefficient (Wildman–Crippen LogP) is 4.78. The van der Waals surface area contributed by atoms with Crippen molar-refractivity contribution < 1.29 is 14.5 Å². The molecule has 2 N–H and O–H groups in total. The standard InChI is InChI=1S/C21H21N5O4/c1-13(2)14-8-10-15(11-9-14)24-19-18(26(28)29)20(23-12-22-19)25-17-7-5-4-6-16(17)21(27)30-3/h4-13H,1-3H3,(H2,22,23,24,25). The summed E-state index contributed by atoms with van der Waals surface area (Å²) in [7, 11) is 1.26. The number of para-hydroxylation sites is 1. The van der Waals surface area contributed by atoms with E-state index in [2.05, 4.69) is 34.4 Å². The molecular formula is C21H21N5O4. The van der Waals surface area contributed by atoms with Gasteiger partial charge in [-0.3, -0.25) is 10.1 Å². The average Bonchev–Trinajstić information content (AvgIpc) is 2.74. The summed E-state index contributed by atoms with van der Waals surface area (Å²) in [6, 6.07) is 14.1. The molecule has 2 aromatic carbocycles. The van der Waals surface area contributed by atoms with Gasteiger partial charge in [0.05, 0.1) is 23.3 Å². The smallest absolute Gasteiger partial charge is 0.353 e. The molecule has 0 unspecified atom stereocenters. The summed E-state index contributed by atoms with van der Waals surface area (Å²) in [6.07, 6.45) is 1.21. The van der Waals surface area contributed by atoms with E-state index in [1.165, 1.54) is 13.4 Å². The van der Waals surface area contributed by atoms with E-state index in [0.717, 1.165) is 5.56 Å². The number of esters is 1. The zero-order valence-corrected chi connectivity index (χ0v) is 16.7. The largest absolute Gasteiger partial charge is 0.465 e. The number of hydrogen-bond acceptors (Lipinski definition) is 8. The van der Waals surface area contributed by atoms with Crippen molar-refractivity contribution in [1.29, 1.82) is 0 Å². The van der Waals surface area contributed by atoms with E-state index in [-0.39, 0.29) is 22.9 Å². The summed E-state index contributed by atoms with van der Waals surface area (Å²) in [6.45, 7) is 4.17. The number of ether oxygens (including phenoxy) is 1. The van der Waals surface area contributed by atoms with Gasteiger partial charge < -0.3 is 15.4 Å². The molecule has 3 aromatic rings. The van der Waals surface area contributed by atoms with Gasteiger partial charge >= 0.3 is 11.7 Å². The van der Waals surface area contributed by atoms with Crippen LogP contribution in [-0.4, -0.2) is 28.0 Å². The molecule has 0 fully saturated rings. The molecule has 0 bridgehead atoms. The number of methoxy groups -OCH3 is 1. The highest BCUT2D eigenvalue weighted by atomic mass is 16.6. The molecule has 154 valence electrons. The Labute approximate surface area is 173 Å². The van der Waals surface area contributed by atoms with Gasteiger partial charge in [-0.1, -0.05) is 38.1 Å². The van der Waals surface area contributed by atoms with Gasteiger partial charge in [0.2, 0.25) is 11.6 Å². The van der Waals surface area contributed by atoms with Crippen molar-refractivity contribution in [2.75, 3.05) is 17.7 Å². The first-order chi connectivity index (χ1) is 14.4. The SMILES string of the molecule is COC(=O)c1ccccc1Nc1ncnc(Nc2ccc(C(C)C)cc2)c1[N+](=O)[O-]. The second-order valence-electron chi connectivity index (χ2n) is 6.74. The quantitative estimate of drug-likeness (QED) is 0.326. The molecule has 0 atom stereocenters. The minimum absolute atomic E-state index is 0.0327. The number of carbonyl (C=O) groups excluding carboxylic acids is 1. The van der Waals surface area contributed by atoms with E-state index < -0.39 is 10.9 Å². The van der Waals surface area contributed by atoms with E-state index in [1.54, 1.807) is 24.3 Å². The Morgan fingerprint density at radius 3 is 2.27 bits per heavy atom. The highest BCUT2D eigenvalue weighted by Gasteiger charge is 2.24. The van der Waals surface area contributed by atoms with Crippen molar-refractivity contribution in [3.63, 3.8) is 0 Å². The monoisotopic (exact) mass is 407 g/mol. The Hall–Kier alpha value is -4.01. The lowest BCUT2D eigenvalue weighted by atomic mass is 10.0. The number of hydrogen-bond donors (Lipinski definition) is 2. The fraction of sp³-hybridized carbons (Fsp3) is 0.190. The third kappa shape index (κ3) is 4.52. The van der Waals surface area contributed by atoms with Crippen LogP contribution in [0.5, 0.6) is 0 Å². The highest BCUT2D eigenvalue weighted by Crippen LogP contribution is 2.34. The van der Waals surface area contributed by atoms with Crippen molar-refractivity contribution in [1.82, 2.24) is 9.97 Å². The number of carbonyl (C=O) groups is 1. The average molecular weight is 407 g/mol. The second kappa shape index (κ2) is 8.99. The third-order valence-electron chi connectivity index (χ3n) is 4.43. The summed E-state index contributed by atoms with van der Waals surface area (Å²) >= 11 is 0. The predicted molar refractivity (Wildman–Crippen MR) is 114 cm³/mol. The van der Waals surface area contributed by atoms with Gasteiger partial charge in [-0.2, -0.15) is 0 Å². The fourth-order valence-corrected chi connectivity index (χ4v) is 2.83. The summed E-state index contributed by atoms with van der Waals surface area (Å²) in [5.41, 5.74) is 2.02. The van der Waals surface area contributed by atoms with Gasteiger partial charge in [0.1, 0.15) is 6.33 Å². The lowest BCUT2D eigenvalue weighted by Gasteiger charge is -2.12. The number of benzene rings is 2. The summed E-state index contributed by atoms with van der Waals surface area (Å²) < 4.78 is 4.76. The molecule has 0 spiro atoms. The van der Waals surface area contributed by atoms with E-state index in [9.17, 15) is 14.9 Å². The van der Waals surface area contributed by atoms with Gasteiger partial charge in [-0.25, -0.2) is 14.8 Å². The van der Waals surface area contributed by atoms with Gasteiger partial charge in [0.15, 0.2) is 0 Å². The number of nitrogens with one attached hydrogen (secondary N) is 2. The van der Waals surface area contributed by atoms with Crippen LogP contribution in [0.1, 0.15) is 35.7 Å². The number of aromatic nitrogens is 2. The lowest BCUT2D eigenvalue weighted by molar-refractivity contribution is -0.383. The molecule has 9 heteroatoms. The zero-order valence-electron chi connectivity index (χ0n) is 16.7. The Morgan fingerprint density at radius 2 is 1.67 bits per heavy atom. The number of rotatable bonds is 7. The number of nitro groups is 1. The van der Waals surface area contributed by atoms with Crippen LogP contribution in [0.25, 0.3) is 0 Å². The molecule has 1 heterocycles. The van der Waals surface area contributed by atoms with Gasteiger partial charge in [0, 0.05) is 5.69 Å². The van der Waals surface area contributed by atoms with Crippen molar-refractivity contribution in [2.45, 2.75) is 19.8 Å². The van der Waals surface area contributed by atoms with Crippen LogP contribution in [0.2, 0.25) is 0 Å². The molecular weight excluding hydrogens is 386 g/mol. The normalized spacial score (nSPS) is 10.5. The summed E-state index contributed by atoms with van der Waals surface area (Å²) in [5.74, 6) is -0.213. The minimum atomic E-state index is -0.575. The third-order valence-corrected chi connectivity index (χ3v) is 4.43. The molecule has 0 saturated heterocycles. The summed E-state index contributed by atoms with van der Waals surface area (Å²) in [4.78, 5) is 31.2. The maximum atomic E-state index is 12.0. The number of nitrogens with zero attached hydrogens (tertiary/aromatic N) is 3. The van der Waals surface area contributed by atoms with E-state index in [1.807, 2.05) is 24.3 Å². The Bertz CT molecular complexity index is 1070. The molecule has 0 amide bonds. The molecule has 1 aromatic heterocycles. The Balaban J connectivity index is 1.96. The van der Waals surface area contributed by atoms with Crippen molar-refractivity contribution in [3.05, 3.63) is 76.1 Å². The first kappa shape index (κ1) is 20.7. The van der Waals surface area contributed by atoms with Crippen LogP contribution >= 0.6 is 0 Å². The Kier molecular flexibility index (Phi) is 6.21. The molecule has 30 heavy (non-hydrogen) atoms. The van der Waals surface area contributed by atoms with Gasteiger partial charge in [0.25, 0.3) is 0 Å². The fourth-order valence-electron chi connectivity index (χ4n) is 2.83. The van der Waals surface area contributed by atoms with Crippen molar-refractivity contribution in [3.8, 4) is 0 Å². The first-order valence-corrected chi connectivity index (χ1v) is 9.21. The molecule has 3 rings (SSSR count). The molecule has 0 aliphatic heterocycles. The van der Waals surface area contributed by atoms with Crippen LogP contribution in [0, 0.1) is 10.1 Å². The van der Waals surface area contributed by atoms with Crippen molar-refractivity contribution >= 4 is 34.7 Å². The lowest BCUT2D eigenvalue weighted by Crippen LogP contribution is -2.09. The molecule has 0 aliphatic carbocycles. The van der Waals surface area contributed by atoms with Crippen LogP contribution in [0.3, 0.4) is 0 Å². The number of anilines is 4. The topological polar surface area (TPSA) is 119 Å². The Morgan fingerprint density at radius 1 is 1.03 bits per heavy atom. The van der Waals surface area contributed by atoms with Crippen LogP contribution in [0.4, 0.5) is 28.7 Å². The molecule has 0 radical (unpaired) electrons. The first-order valence-electron chi connectivity index (χ1n) is 9.21. The molecule has 9 nitrogen and oxygen atoms in total. The molecule has 0 saturated carbocycles. The minimum Gasteiger partial charge on any atom is -0.465 e. The van der Waals surface area contributed by atoms with Gasteiger partial charge in [-0.05, 0) is 35.7 Å². The van der Waals surface area contributed by atoms with E-state index in [4.69, 9.17) is 4.74 Å². The summed E-state index contributed by atoms with van der Waals surface area (Å²) in [5, 5.41) is 17.6. The second-order valence-corrected chi connectivity index (χ2v) is 6.74. The molecule has 0 aliphatic rings. The van der Waals surface area contributed by atoms with Crippen LogP contribution < -0.4 is 10.6 Å². The van der Waals surface area contributed by atoms with E-state index >= 15 is 0 Å².